The fourth-order valence-corrected chi connectivity index (χ4v) is 3.26. The van der Waals surface area contributed by atoms with Gasteiger partial charge < -0.3 is 24.0 Å². The lowest BCUT2D eigenvalue weighted by molar-refractivity contribution is -0.126. The molecule has 148 valence electrons. The van der Waals surface area contributed by atoms with Crippen molar-refractivity contribution in [1.82, 2.24) is 4.90 Å². The van der Waals surface area contributed by atoms with Crippen molar-refractivity contribution < 1.29 is 19.0 Å². The maximum absolute atomic E-state index is 12.6. The number of nitrogens with zero attached hydrogens (tertiary/aromatic N) is 2. The van der Waals surface area contributed by atoms with Gasteiger partial charge in [0.15, 0.2) is 0 Å². The van der Waals surface area contributed by atoms with Crippen molar-refractivity contribution in [1.29, 1.82) is 0 Å². The molecule has 1 aliphatic rings. The van der Waals surface area contributed by atoms with Gasteiger partial charge in [-0.3, -0.25) is 4.79 Å². The highest BCUT2D eigenvalue weighted by molar-refractivity contribution is 5.92. The molecule has 1 amide bonds. The molecule has 6 nitrogen and oxygen atoms in total. The highest BCUT2D eigenvalue weighted by Crippen LogP contribution is 2.28. The molecule has 0 saturated carbocycles. The summed E-state index contributed by atoms with van der Waals surface area (Å²) in [5.74, 6) is 2.24. The zero-order valence-electron chi connectivity index (χ0n) is 16.6. The third-order valence-electron chi connectivity index (χ3n) is 4.81. The maximum Gasteiger partial charge on any atom is 0.246 e. The Kier molecular flexibility index (Phi) is 6.42. The van der Waals surface area contributed by atoms with Gasteiger partial charge in [0.05, 0.1) is 27.0 Å². The molecule has 0 bridgehead atoms. The van der Waals surface area contributed by atoms with Crippen molar-refractivity contribution >= 4 is 17.7 Å². The van der Waals surface area contributed by atoms with E-state index in [2.05, 4.69) is 4.90 Å². The van der Waals surface area contributed by atoms with Crippen molar-refractivity contribution in [3.05, 3.63) is 54.1 Å². The molecule has 0 unspecified atom stereocenters. The Morgan fingerprint density at radius 1 is 0.893 bits per heavy atom. The van der Waals surface area contributed by atoms with Crippen molar-refractivity contribution in [3.8, 4) is 17.2 Å². The fraction of sp³-hybridized carbons (Fsp3) is 0.318. The van der Waals surface area contributed by atoms with Gasteiger partial charge in [0, 0.05) is 38.3 Å². The summed E-state index contributed by atoms with van der Waals surface area (Å²) < 4.78 is 16.0. The average molecular weight is 382 g/mol. The molecule has 6 heteroatoms. The Balaban J connectivity index is 1.62. The van der Waals surface area contributed by atoms with Crippen LogP contribution in [0.15, 0.2) is 48.5 Å². The maximum atomic E-state index is 12.6. The summed E-state index contributed by atoms with van der Waals surface area (Å²) in [6.07, 6.45) is 3.40. The molecule has 2 aromatic carbocycles. The van der Waals surface area contributed by atoms with E-state index in [0.29, 0.717) is 24.6 Å². The minimum Gasteiger partial charge on any atom is -0.497 e. The van der Waals surface area contributed by atoms with Gasteiger partial charge in [-0.15, -0.1) is 0 Å². The number of rotatable bonds is 6. The molecule has 1 saturated heterocycles. The first-order valence-corrected chi connectivity index (χ1v) is 9.22. The van der Waals surface area contributed by atoms with Crippen LogP contribution in [0.3, 0.4) is 0 Å². The summed E-state index contributed by atoms with van der Waals surface area (Å²) in [7, 11) is 4.89. The second kappa shape index (κ2) is 9.17. The first kappa shape index (κ1) is 19.6. The smallest absolute Gasteiger partial charge is 0.246 e. The molecule has 1 aliphatic heterocycles. The van der Waals surface area contributed by atoms with Crippen molar-refractivity contribution in [2.24, 2.45) is 0 Å². The van der Waals surface area contributed by atoms with E-state index in [9.17, 15) is 4.79 Å². The third kappa shape index (κ3) is 4.57. The SMILES string of the molecule is COc1cc(/C=C/C(=O)N2CCN(c3ccccc3OC)CC2)cc(OC)c1. The van der Waals surface area contributed by atoms with Crippen molar-refractivity contribution in [2.45, 2.75) is 0 Å². The Morgan fingerprint density at radius 3 is 2.14 bits per heavy atom. The van der Waals surface area contributed by atoms with Gasteiger partial charge in [-0.05, 0) is 35.9 Å². The Morgan fingerprint density at radius 2 is 1.54 bits per heavy atom. The van der Waals surface area contributed by atoms with E-state index in [1.54, 1.807) is 39.5 Å². The van der Waals surface area contributed by atoms with Gasteiger partial charge in [-0.25, -0.2) is 0 Å². The van der Waals surface area contributed by atoms with E-state index in [1.807, 2.05) is 41.3 Å². The predicted molar refractivity (Wildman–Crippen MR) is 110 cm³/mol. The molecule has 28 heavy (non-hydrogen) atoms. The van der Waals surface area contributed by atoms with Crippen LogP contribution in [0, 0.1) is 0 Å². The van der Waals surface area contributed by atoms with E-state index in [0.717, 1.165) is 30.1 Å². The van der Waals surface area contributed by atoms with E-state index in [1.165, 1.54) is 0 Å². The lowest BCUT2D eigenvalue weighted by Crippen LogP contribution is -2.48. The van der Waals surface area contributed by atoms with Crippen molar-refractivity contribution in [3.63, 3.8) is 0 Å². The van der Waals surface area contributed by atoms with E-state index in [-0.39, 0.29) is 5.91 Å². The number of amides is 1. The van der Waals surface area contributed by atoms with Crippen molar-refractivity contribution in [2.75, 3.05) is 52.4 Å². The van der Waals surface area contributed by atoms with E-state index >= 15 is 0 Å². The van der Waals surface area contributed by atoms with Crippen LogP contribution in [0.1, 0.15) is 5.56 Å². The number of methoxy groups -OCH3 is 3. The minimum atomic E-state index is 0.00136. The average Bonchev–Trinajstić information content (AvgIpc) is 2.77. The van der Waals surface area contributed by atoms with E-state index in [4.69, 9.17) is 14.2 Å². The second-order valence-electron chi connectivity index (χ2n) is 6.46. The van der Waals surface area contributed by atoms with Gasteiger partial charge in [0.1, 0.15) is 17.2 Å². The molecule has 1 heterocycles. The van der Waals surface area contributed by atoms with Gasteiger partial charge in [-0.1, -0.05) is 12.1 Å². The number of ether oxygens (including phenoxy) is 3. The predicted octanol–water partition coefficient (Wildman–Crippen LogP) is 3.07. The largest absolute Gasteiger partial charge is 0.497 e. The standard InChI is InChI=1S/C22H26N2O4/c1-26-18-14-17(15-19(16-18)27-2)8-9-22(25)24-12-10-23(11-13-24)20-6-4-5-7-21(20)28-3/h4-9,14-16H,10-13H2,1-3H3/b9-8+. The number of piperazine rings is 1. The molecule has 3 rings (SSSR count). The number of hydrogen-bond acceptors (Lipinski definition) is 5. The Labute approximate surface area is 165 Å². The molecule has 1 fully saturated rings. The molecule has 0 N–H and O–H groups in total. The first-order valence-electron chi connectivity index (χ1n) is 9.22. The van der Waals surface area contributed by atoms with Crippen LogP contribution in [0.4, 0.5) is 5.69 Å². The van der Waals surface area contributed by atoms with Crippen LogP contribution in [0.2, 0.25) is 0 Å². The highest BCUT2D eigenvalue weighted by atomic mass is 16.5. The van der Waals surface area contributed by atoms with Crippen LogP contribution in [-0.4, -0.2) is 58.3 Å². The number of carbonyl (C=O) groups is 1. The summed E-state index contributed by atoms with van der Waals surface area (Å²) in [6, 6.07) is 13.5. The second-order valence-corrected chi connectivity index (χ2v) is 6.46. The van der Waals surface area contributed by atoms with Crippen LogP contribution >= 0.6 is 0 Å². The van der Waals surface area contributed by atoms with Crippen LogP contribution < -0.4 is 19.1 Å². The van der Waals surface area contributed by atoms with Crippen LogP contribution in [-0.2, 0) is 4.79 Å². The molecule has 0 aliphatic carbocycles. The molecule has 0 spiro atoms. The zero-order valence-corrected chi connectivity index (χ0v) is 16.6. The van der Waals surface area contributed by atoms with Crippen LogP contribution in [0.25, 0.3) is 6.08 Å². The molecular formula is C22H26N2O4. The first-order chi connectivity index (χ1) is 13.6. The Bertz CT molecular complexity index is 820. The number of benzene rings is 2. The number of hydrogen-bond donors (Lipinski definition) is 0. The zero-order chi connectivity index (χ0) is 19.9. The number of para-hydroxylation sites is 2. The van der Waals surface area contributed by atoms with Gasteiger partial charge in [0.2, 0.25) is 5.91 Å². The number of carbonyl (C=O) groups excluding carboxylic acids is 1. The molecular weight excluding hydrogens is 356 g/mol. The quantitative estimate of drug-likeness (QED) is 0.719. The summed E-state index contributed by atoms with van der Waals surface area (Å²) in [5, 5.41) is 0. The summed E-state index contributed by atoms with van der Waals surface area (Å²) in [6.45, 7) is 2.88. The molecule has 0 atom stereocenters. The van der Waals surface area contributed by atoms with Crippen LogP contribution in [0.5, 0.6) is 17.2 Å². The normalized spacial score (nSPS) is 14.2. The summed E-state index contributed by atoms with van der Waals surface area (Å²) >= 11 is 0. The third-order valence-corrected chi connectivity index (χ3v) is 4.81. The fourth-order valence-electron chi connectivity index (χ4n) is 3.26. The van der Waals surface area contributed by atoms with Gasteiger partial charge in [0.25, 0.3) is 0 Å². The van der Waals surface area contributed by atoms with Gasteiger partial charge in [-0.2, -0.15) is 0 Å². The summed E-state index contributed by atoms with van der Waals surface area (Å²) in [4.78, 5) is 16.7. The molecule has 0 aromatic heterocycles. The minimum absolute atomic E-state index is 0.00136. The topological polar surface area (TPSA) is 51.2 Å². The Hall–Kier alpha value is -3.15. The molecule has 0 radical (unpaired) electrons. The summed E-state index contributed by atoms with van der Waals surface area (Å²) in [5.41, 5.74) is 1.92. The highest BCUT2D eigenvalue weighted by Gasteiger charge is 2.21. The van der Waals surface area contributed by atoms with Gasteiger partial charge >= 0.3 is 0 Å². The lowest BCUT2D eigenvalue weighted by Gasteiger charge is -2.36. The lowest BCUT2D eigenvalue weighted by atomic mass is 10.1. The van der Waals surface area contributed by atoms with E-state index < -0.39 is 0 Å². The molecule has 2 aromatic rings. The monoisotopic (exact) mass is 382 g/mol. The number of anilines is 1.